The number of nitrogens with one attached hydrogen (secondary N) is 1. The fraction of sp³-hybridized carbons (Fsp3) is 0.500. The minimum Gasteiger partial charge on any atom is -0.443 e. The normalized spacial score (nSPS) is 19.2. The highest BCUT2D eigenvalue weighted by molar-refractivity contribution is 5.72. The van der Waals surface area contributed by atoms with Crippen molar-refractivity contribution >= 4 is 11.1 Å². The molecule has 0 amide bonds. The van der Waals surface area contributed by atoms with Crippen LogP contribution in [0.4, 0.5) is 0 Å². The Morgan fingerprint density at radius 1 is 1.39 bits per heavy atom. The van der Waals surface area contributed by atoms with Crippen molar-refractivity contribution in [2.75, 3.05) is 26.2 Å². The average molecular weight is 245 g/mol. The lowest BCUT2D eigenvalue weighted by atomic mass is 10.0. The molecule has 4 heteroatoms. The number of benzene rings is 1. The van der Waals surface area contributed by atoms with Crippen LogP contribution in [0.5, 0.6) is 0 Å². The maximum absolute atomic E-state index is 5.35. The first-order valence-electron chi connectivity index (χ1n) is 6.60. The van der Waals surface area contributed by atoms with Crippen LogP contribution in [0.2, 0.25) is 0 Å². The first-order chi connectivity index (χ1) is 8.83. The van der Waals surface area contributed by atoms with Gasteiger partial charge in [0.2, 0.25) is 0 Å². The van der Waals surface area contributed by atoms with Crippen LogP contribution in [-0.4, -0.2) is 42.1 Å². The van der Waals surface area contributed by atoms with Gasteiger partial charge in [-0.2, -0.15) is 0 Å². The second kappa shape index (κ2) is 5.08. The molecule has 1 saturated heterocycles. The molecule has 4 nitrogen and oxygen atoms in total. The van der Waals surface area contributed by atoms with E-state index in [-0.39, 0.29) is 0 Å². The Balaban J connectivity index is 1.70. The van der Waals surface area contributed by atoms with Gasteiger partial charge in [-0.3, -0.25) is 4.90 Å². The summed E-state index contributed by atoms with van der Waals surface area (Å²) in [4.78, 5) is 6.69. The van der Waals surface area contributed by atoms with Gasteiger partial charge in [0.05, 0.1) is 0 Å². The van der Waals surface area contributed by atoms with E-state index in [1.807, 2.05) is 6.07 Å². The van der Waals surface area contributed by atoms with Crippen LogP contribution in [0, 0.1) is 0 Å². The molecule has 1 fully saturated rings. The Kier molecular flexibility index (Phi) is 3.30. The molecular formula is C14H19N3O. The highest BCUT2D eigenvalue weighted by atomic mass is 16.3. The summed E-state index contributed by atoms with van der Waals surface area (Å²) in [6, 6.07) is 6.89. The first-order valence-corrected chi connectivity index (χ1v) is 6.60. The molecule has 1 aromatic heterocycles. The van der Waals surface area contributed by atoms with Crippen LogP contribution >= 0.6 is 0 Å². The smallest absolute Gasteiger partial charge is 0.181 e. The zero-order valence-electron chi connectivity index (χ0n) is 10.7. The highest BCUT2D eigenvalue weighted by Crippen LogP contribution is 2.17. The van der Waals surface area contributed by atoms with Crippen LogP contribution in [0.15, 0.2) is 29.0 Å². The Labute approximate surface area is 107 Å². The van der Waals surface area contributed by atoms with Gasteiger partial charge in [-0.1, -0.05) is 6.07 Å². The standard InChI is InChI=1S/C14H19N3O/c1-11(17-6-4-15-5-7-17)8-12-2-3-13-14(9-12)18-10-16-13/h2-3,9-11,15H,4-8H2,1H3. The van der Waals surface area contributed by atoms with E-state index in [0.29, 0.717) is 6.04 Å². The third kappa shape index (κ3) is 2.40. The lowest BCUT2D eigenvalue weighted by molar-refractivity contribution is 0.183. The van der Waals surface area contributed by atoms with Crippen LogP contribution in [-0.2, 0) is 6.42 Å². The van der Waals surface area contributed by atoms with E-state index in [1.54, 1.807) is 0 Å². The molecule has 1 aliphatic rings. The summed E-state index contributed by atoms with van der Waals surface area (Å²) in [6.45, 7) is 6.80. The molecule has 2 aromatic rings. The second-order valence-electron chi connectivity index (χ2n) is 4.99. The lowest BCUT2D eigenvalue weighted by Gasteiger charge is -2.32. The van der Waals surface area contributed by atoms with Gasteiger partial charge in [-0.25, -0.2) is 4.98 Å². The Bertz CT molecular complexity index is 516. The van der Waals surface area contributed by atoms with E-state index < -0.39 is 0 Å². The third-order valence-electron chi connectivity index (χ3n) is 3.70. The molecule has 1 aliphatic heterocycles. The summed E-state index contributed by atoms with van der Waals surface area (Å²) >= 11 is 0. The van der Waals surface area contributed by atoms with Crippen LogP contribution in [0.25, 0.3) is 11.1 Å². The number of nitrogens with zero attached hydrogens (tertiary/aromatic N) is 2. The minimum absolute atomic E-state index is 0.576. The fourth-order valence-electron chi connectivity index (χ4n) is 2.62. The van der Waals surface area contributed by atoms with Crippen molar-refractivity contribution in [1.82, 2.24) is 15.2 Å². The van der Waals surface area contributed by atoms with Crippen LogP contribution < -0.4 is 5.32 Å². The molecule has 0 bridgehead atoms. The highest BCUT2D eigenvalue weighted by Gasteiger charge is 2.16. The number of fused-ring (bicyclic) bond motifs is 1. The maximum atomic E-state index is 5.35. The summed E-state index contributed by atoms with van der Waals surface area (Å²) in [5.74, 6) is 0. The monoisotopic (exact) mass is 245 g/mol. The molecule has 0 radical (unpaired) electrons. The lowest BCUT2D eigenvalue weighted by Crippen LogP contribution is -2.48. The van der Waals surface area contributed by atoms with E-state index in [2.05, 4.69) is 34.3 Å². The molecule has 1 aromatic carbocycles. The third-order valence-corrected chi connectivity index (χ3v) is 3.70. The zero-order valence-corrected chi connectivity index (χ0v) is 10.7. The SMILES string of the molecule is CC(Cc1ccc2ncoc2c1)N1CCNCC1. The van der Waals surface area contributed by atoms with Crippen molar-refractivity contribution in [2.24, 2.45) is 0 Å². The van der Waals surface area contributed by atoms with E-state index in [1.165, 1.54) is 12.0 Å². The predicted octanol–water partition coefficient (Wildman–Crippen LogP) is 1.66. The summed E-state index contributed by atoms with van der Waals surface area (Å²) in [5.41, 5.74) is 3.15. The minimum atomic E-state index is 0.576. The van der Waals surface area contributed by atoms with Crippen LogP contribution in [0.3, 0.4) is 0 Å². The van der Waals surface area contributed by atoms with Crippen molar-refractivity contribution in [3.8, 4) is 0 Å². The number of aromatic nitrogens is 1. The number of hydrogen-bond donors (Lipinski definition) is 1. The van der Waals surface area contributed by atoms with Crippen molar-refractivity contribution in [1.29, 1.82) is 0 Å². The molecule has 3 rings (SSSR count). The molecule has 1 N–H and O–H groups in total. The topological polar surface area (TPSA) is 41.3 Å². The maximum Gasteiger partial charge on any atom is 0.181 e. The summed E-state index contributed by atoms with van der Waals surface area (Å²) in [6.07, 6.45) is 2.57. The van der Waals surface area contributed by atoms with E-state index in [0.717, 1.165) is 43.7 Å². The zero-order chi connectivity index (χ0) is 12.4. The first kappa shape index (κ1) is 11.7. The molecule has 1 unspecified atom stereocenters. The summed E-state index contributed by atoms with van der Waals surface area (Å²) in [7, 11) is 0. The molecular weight excluding hydrogens is 226 g/mol. The second-order valence-corrected chi connectivity index (χ2v) is 4.99. The predicted molar refractivity (Wildman–Crippen MR) is 71.6 cm³/mol. The van der Waals surface area contributed by atoms with Crippen molar-refractivity contribution in [3.63, 3.8) is 0 Å². The van der Waals surface area contributed by atoms with E-state index in [4.69, 9.17) is 4.42 Å². The van der Waals surface area contributed by atoms with Crippen molar-refractivity contribution < 1.29 is 4.42 Å². The van der Waals surface area contributed by atoms with Crippen molar-refractivity contribution in [3.05, 3.63) is 30.2 Å². The van der Waals surface area contributed by atoms with Gasteiger partial charge >= 0.3 is 0 Å². The van der Waals surface area contributed by atoms with Gasteiger partial charge in [-0.15, -0.1) is 0 Å². The summed E-state index contributed by atoms with van der Waals surface area (Å²) in [5, 5.41) is 3.39. The average Bonchev–Trinajstić information content (AvgIpc) is 2.87. The van der Waals surface area contributed by atoms with Gasteiger partial charge in [-0.05, 0) is 31.0 Å². The number of rotatable bonds is 3. The van der Waals surface area contributed by atoms with E-state index in [9.17, 15) is 0 Å². The van der Waals surface area contributed by atoms with E-state index >= 15 is 0 Å². The van der Waals surface area contributed by atoms with Gasteiger partial charge in [0.15, 0.2) is 12.0 Å². The van der Waals surface area contributed by atoms with Gasteiger partial charge in [0, 0.05) is 32.2 Å². The molecule has 96 valence electrons. The Morgan fingerprint density at radius 2 is 2.22 bits per heavy atom. The van der Waals surface area contributed by atoms with Gasteiger partial charge in [0.25, 0.3) is 0 Å². The molecule has 0 saturated carbocycles. The quantitative estimate of drug-likeness (QED) is 0.893. The summed E-state index contributed by atoms with van der Waals surface area (Å²) < 4.78 is 5.35. The Hall–Kier alpha value is -1.39. The van der Waals surface area contributed by atoms with Gasteiger partial charge < -0.3 is 9.73 Å². The number of piperazine rings is 1. The fourth-order valence-corrected chi connectivity index (χ4v) is 2.62. The molecule has 18 heavy (non-hydrogen) atoms. The molecule has 0 spiro atoms. The van der Waals surface area contributed by atoms with Crippen molar-refractivity contribution in [2.45, 2.75) is 19.4 Å². The largest absolute Gasteiger partial charge is 0.443 e. The molecule has 2 heterocycles. The Morgan fingerprint density at radius 3 is 3.06 bits per heavy atom. The molecule has 1 atom stereocenters. The van der Waals surface area contributed by atoms with Gasteiger partial charge in [0.1, 0.15) is 5.52 Å². The molecule has 0 aliphatic carbocycles. The number of hydrogen-bond acceptors (Lipinski definition) is 4. The number of oxazole rings is 1. The van der Waals surface area contributed by atoms with Crippen LogP contribution in [0.1, 0.15) is 12.5 Å².